The van der Waals surface area contributed by atoms with Gasteiger partial charge in [0.2, 0.25) is 0 Å². The molecule has 1 fully saturated rings. The molecule has 2 unspecified atom stereocenters. The molecule has 1 aliphatic rings. The van der Waals surface area contributed by atoms with E-state index in [-0.39, 0.29) is 12.0 Å². The number of nitrogens with zero attached hydrogens (tertiary/aromatic N) is 1. The Kier molecular flexibility index (Phi) is 7.28. The molecule has 0 bridgehead atoms. The van der Waals surface area contributed by atoms with Crippen LogP contribution in [0.15, 0.2) is 0 Å². The van der Waals surface area contributed by atoms with Crippen molar-refractivity contribution in [3.05, 3.63) is 0 Å². The maximum atomic E-state index is 11.7. The summed E-state index contributed by atoms with van der Waals surface area (Å²) in [6.45, 7) is 7.40. The van der Waals surface area contributed by atoms with Crippen LogP contribution in [0.4, 0.5) is 0 Å². The zero-order valence-electron chi connectivity index (χ0n) is 12.1. The lowest BCUT2D eigenvalue weighted by Gasteiger charge is -2.25. The number of carbonyl (C=O) groups is 1. The maximum absolute atomic E-state index is 11.7. The molecule has 0 amide bonds. The summed E-state index contributed by atoms with van der Waals surface area (Å²) in [5.41, 5.74) is 0. The summed E-state index contributed by atoms with van der Waals surface area (Å²) in [7, 11) is 1.47. The number of methoxy groups -OCH3 is 1. The van der Waals surface area contributed by atoms with E-state index in [9.17, 15) is 4.79 Å². The molecule has 0 spiro atoms. The van der Waals surface area contributed by atoms with Gasteiger partial charge in [0.15, 0.2) is 0 Å². The van der Waals surface area contributed by atoms with Crippen molar-refractivity contribution in [1.82, 2.24) is 10.2 Å². The average molecular weight is 256 g/mol. The summed E-state index contributed by atoms with van der Waals surface area (Å²) >= 11 is 0. The summed E-state index contributed by atoms with van der Waals surface area (Å²) in [6.07, 6.45) is 5.70. The molecule has 1 saturated heterocycles. The predicted octanol–water partition coefficient (Wildman–Crippen LogP) is 1.79. The Hall–Kier alpha value is -0.610. The van der Waals surface area contributed by atoms with Gasteiger partial charge in [0, 0.05) is 12.6 Å². The monoisotopic (exact) mass is 256 g/mol. The van der Waals surface area contributed by atoms with E-state index in [2.05, 4.69) is 24.1 Å². The van der Waals surface area contributed by atoms with E-state index in [0.717, 1.165) is 32.0 Å². The van der Waals surface area contributed by atoms with E-state index in [1.165, 1.54) is 32.9 Å². The number of carbonyl (C=O) groups excluding carboxylic acids is 1. The second-order valence-corrected chi connectivity index (χ2v) is 5.06. The van der Waals surface area contributed by atoms with Gasteiger partial charge in [-0.05, 0) is 45.2 Å². The van der Waals surface area contributed by atoms with Crippen molar-refractivity contribution < 1.29 is 9.53 Å². The lowest BCUT2D eigenvalue weighted by Crippen LogP contribution is -2.41. The van der Waals surface area contributed by atoms with Gasteiger partial charge in [-0.1, -0.05) is 13.8 Å². The van der Waals surface area contributed by atoms with Crippen molar-refractivity contribution in [2.24, 2.45) is 0 Å². The molecular formula is C14H28N2O2. The third-order valence-electron chi connectivity index (χ3n) is 3.80. The van der Waals surface area contributed by atoms with E-state index < -0.39 is 0 Å². The Morgan fingerprint density at radius 1 is 1.50 bits per heavy atom. The minimum Gasteiger partial charge on any atom is -0.468 e. The van der Waals surface area contributed by atoms with Crippen LogP contribution in [0.5, 0.6) is 0 Å². The molecule has 0 aromatic heterocycles. The first kappa shape index (κ1) is 15.4. The van der Waals surface area contributed by atoms with E-state index in [0.29, 0.717) is 0 Å². The Balaban J connectivity index is 2.38. The lowest BCUT2D eigenvalue weighted by atomic mass is 10.1. The number of rotatable bonds is 8. The first-order valence-electron chi connectivity index (χ1n) is 7.28. The first-order valence-corrected chi connectivity index (χ1v) is 7.28. The molecule has 0 aromatic rings. The smallest absolute Gasteiger partial charge is 0.322 e. The fourth-order valence-electron chi connectivity index (χ4n) is 2.71. The van der Waals surface area contributed by atoms with E-state index in [1.54, 1.807) is 0 Å². The number of likely N-dealkylation sites (tertiary alicyclic amines) is 1. The summed E-state index contributed by atoms with van der Waals surface area (Å²) < 4.78 is 4.86. The fourth-order valence-corrected chi connectivity index (χ4v) is 2.71. The highest BCUT2D eigenvalue weighted by Crippen LogP contribution is 2.20. The Morgan fingerprint density at radius 3 is 2.89 bits per heavy atom. The molecule has 0 radical (unpaired) electrons. The normalized spacial score (nSPS) is 22.1. The van der Waals surface area contributed by atoms with Crippen LogP contribution in [-0.4, -0.2) is 49.7 Å². The van der Waals surface area contributed by atoms with Crippen LogP contribution in [0.25, 0.3) is 0 Å². The second kappa shape index (κ2) is 8.48. The van der Waals surface area contributed by atoms with Crippen LogP contribution in [-0.2, 0) is 9.53 Å². The largest absolute Gasteiger partial charge is 0.468 e. The first-order chi connectivity index (χ1) is 8.72. The van der Waals surface area contributed by atoms with Gasteiger partial charge in [0.25, 0.3) is 0 Å². The highest BCUT2D eigenvalue weighted by Gasteiger charge is 2.25. The summed E-state index contributed by atoms with van der Waals surface area (Å²) in [4.78, 5) is 14.2. The molecule has 1 N–H and O–H groups in total. The molecule has 106 valence electrons. The standard InChI is InChI=1S/C14H28N2O2/c1-4-9-15-13(14(17)18-3)8-11-16-10-6-7-12(16)5-2/h12-13,15H,4-11H2,1-3H3. The summed E-state index contributed by atoms with van der Waals surface area (Å²) in [5, 5.41) is 3.28. The van der Waals surface area contributed by atoms with Crippen molar-refractivity contribution in [3.8, 4) is 0 Å². The minimum atomic E-state index is -0.145. The molecule has 18 heavy (non-hydrogen) atoms. The van der Waals surface area contributed by atoms with Crippen molar-refractivity contribution in [3.63, 3.8) is 0 Å². The number of nitrogens with one attached hydrogen (secondary N) is 1. The number of esters is 1. The molecule has 0 aromatic carbocycles. The van der Waals surface area contributed by atoms with Crippen molar-refractivity contribution >= 4 is 5.97 Å². The lowest BCUT2D eigenvalue weighted by molar-refractivity contribution is -0.143. The van der Waals surface area contributed by atoms with Crippen LogP contribution < -0.4 is 5.32 Å². The maximum Gasteiger partial charge on any atom is 0.322 e. The highest BCUT2D eigenvalue weighted by molar-refractivity contribution is 5.75. The van der Waals surface area contributed by atoms with Crippen molar-refractivity contribution in [2.45, 2.75) is 58.0 Å². The summed E-state index contributed by atoms with van der Waals surface area (Å²) in [5.74, 6) is -0.129. The Morgan fingerprint density at radius 2 is 2.28 bits per heavy atom. The second-order valence-electron chi connectivity index (χ2n) is 5.06. The number of ether oxygens (including phenoxy) is 1. The van der Waals surface area contributed by atoms with Gasteiger partial charge in [0.05, 0.1) is 7.11 Å². The Labute approximate surface area is 111 Å². The molecule has 4 heteroatoms. The van der Waals surface area contributed by atoms with Crippen LogP contribution in [0.1, 0.15) is 46.0 Å². The van der Waals surface area contributed by atoms with Crippen LogP contribution >= 0.6 is 0 Å². The minimum absolute atomic E-state index is 0.129. The molecule has 2 atom stereocenters. The zero-order chi connectivity index (χ0) is 13.4. The van der Waals surface area contributed by atoms with E-state index >= 15 is 0 Å². The molecule has 1 heterocycles. The molecule has 4 nitrogen and oxygen atoms in total. The van der Waals surface area contributed by atoms with E-state index in [4.69, 9.17) is 4.74 Å². The molecule has 0 saturated carbocycles. The van der Waals surface area contributed by atoms with Gasteiger partial charge in [-0.25, -0.2) is 0 Å². The van der Waals surface area contributed by atoms with Gasteiger partial charge in [-0.2, -0.15) is 0 Å². The fraction of sp³-hybridized carbons (Fsp3) is 0.929. The molecule has 1 rings (SSSR count). The van der Waals surface area contributed by atoms with E-state index in [1.807, 2.05) is 0 Å². The Bertz CT molecular complexity index is 246. The van der Waals surface area contributed by atoms with Gasteiger partial charge >= 0.3 is 5.97 Å². The van der Waals surface area contributed by atoms with Crippen LogP contribution in [0.3, 0.4) is 0 Å². The van der Waals surface area contributed by atoms with Crippen LogP contribution in [0, 0.1) is 0 Å². The average Bonchev–Trinajstić information content (AvgIpc) is 2.85. The predicted molar refractivity (Wildman–Crippen MR) is 73.6 cm³/mol. The third kappa shape index (κ3) is 4.58. The molecular weight excluding hydrogens is 228 g/mol. The third-order valence-corrected chi connectivity index (χ3v) is 3.80. The quantitative estimate of drug-likeness (QED) is 0.672. The van der Waals surface area contributed by atoms with Crippen molar-refractivity contribution in [2.75, 3.05) is 26.7 Å². The van der Waals surface area contributed by atoms with Crippen molar-refractivity contribution in [1.29, 1.82) is 0 Å². The SMILES string of the molecule is CCCNC(CCN1CCCC1CC)C(=O)OC. The molecule has 0 aliphatic carbocycles. The number of hydrogen-bond acceptors (Lipinski definition) is 4. The van der Waals surface area contributed by atoms with Gasteiger partial charge in [-0.15, -0.1) is 0 Å². The summed E-state index contributed by atoms with van der Waals surface area (Å²) in [6, 6.07) is 0.572. The van der Waals surface area contributed by atoms with Crippen LogP contribution in [0.2, 0.25) is 0 Å². The zero-order valence-corrected chi connectivity index (χ0v) is 12.1. The van der Waals surface area contributed by atoms with Gasteiger partial charge in [-0.3, -0.25) is 4.79 Å². The topological polar surface area (TPSA) is 41.6 Å². The number of hydrogen-bond donors (Lipinski definition) is 1. The highest BCUT2D eigenvalue weighted by atomic mass is 16.5. The van der Waals surface area contributed by atoms with Gasteiger partial charge < -0.3 is 15.0 Å². The van der Waals surface area contributed by atoms with Gasteiger partial charge in [0.1, 0.15) is 6.04 Å². The molecule has 1 aliphatic heterocycles.